The molecule has 2 aromatic rings. The van der Waals surface area contributed by atoms with Crippen LogP contribution in [0.4, 0.5) is 0 Å². The Balaban J connectivity index is 1.94. The summed E-state index contributed by atoms with van der Waals surface area (Å²) < 4.78 is 11.7. The van der Waals surface area contributed by atoms with Crippen LogP contribution in [-0.2, 0) is 6.42 Å². The van der Waals surface area contributed by atoms with Gasteiger partial charge < -0.3 is 15.2 Å². The number of ether oxygens (including phenoxy) is 2. The standard InChI is InChI=1S/C16H16ClNO2/c1-10-2-7-15(16-14(10)8-12(18)9-19-16)20-13-5-3-11(17)4-6-13/h2-7,12H,8-9,18H2,1H3. The lowest BCUT2D eigenvalue weighted by Gasteiger charge is -2.25. The molecule has 0 saturated heterocycles. The van der Waals surface area contributed by atoms with Crippen LogP contribution >= 0.6 is 11.6 Å². The molecule has 0 fully saturated rings. The van der Waals surface area contributed by atoms with Crippen LogP contribution in [0.25, 0.3) is 0 Å². The Morgan fingerprint density at radius 1 is 1.20 bits per heavy atom. The van der Waals surface area contributed by atoms with Crippen LogP contribution in [0.1, 0.15) is 11.1 Å². The second-order valence-electron chi connectivity index (χ2n) is 5.02. The molecule has 2 N–H and O–H groups in total. The van der Waals surface area contributed by atoms with E-state index < -0.39 is 0 Å². The Labute approximate surface area is 123 Å². The van der Waals surface area contributed by atoms with Gasteiger partial charge in [-0.25, -0.2) is 0 Å². The summed E-state index contributed by atoms with van der Waals surface area (Å²) in [5.74, 6) is 2.26. The van der Waals surface area contributed by atoms with Gasteiger partial charge in [0, 0.05) is 16.6 Å². The molecule has 3 nitrogen and oxygen atoms in total. The van der Waals surface area contributed by atoms with Crippen LogP contribution in [0.15, 0.2) is 36.4 Å². The third-order valence-corrected chi connectivity index (χ3v) is 3.66. The number of benzene rings is 2. The average Bonchev–Trinajstić information content (AvgIpc) is 2.44. The fourth-order valence-corrected chi connectivity index (χ4v) is 2.46. The predicted octanol–water partition coefficient (Wildman–Crippen LogP) is 3.70. The molecule has 0 aromatic heterocycles. The molecule has 104 valence electrons. The first-order chi connectivity index (χ1) is 9.63. The molecule has 2 aromatic carbocycles. The number of aryl methyl sites for hydroxylation is 1. The Morgan fingerprint density at radius 3 is 2.70 bits per heavy atom. The van der Waals surface area contributed by atoms with Crippen molar-refractivity contribution >= 4 is 11.6 Å². The van der Waals surface area contributed by atoms with Crippen LogP contribution in [0.2, 0.25) is 5.02 Å². The summed E-state index contributed by atoms with van der Waals surface area (Å²) in [5.41, 5.74) is 8.27. The fourth-order valence-electron chi connectivity index (χ4n) is 2.34. The van der Waals surface area contributed by atoms with Crippen molar-refractivity contribution in [3.63, 3.8) is 0 Å². The van der Waals surface area contributed by atoms with Gasteiger partial charge in [0.05, 0.1) is 0 Å². The molecule has 1 aliphatic heterocycles. The molecular weight excluding hydrogens is 274 g/mol. The van der Waals surface area contributed by atoms with Crippen LogP contribution in [0, 0.1) is 6.92 Å². The minimum absolute atomic E-state index is 0.0481. The number of fused-ring (bicyclic) bond motifs is 1. The number of nitrogens with two attached hydrogens (primary N) is 1. The van der Waals surface area contributed by atoms with Gasteiger partial charge in [-0.1, -0.05) is 17.7 Å². The summed E-state index contributed by atoms with van der Waals surface area (Å²) >= 11 is 5.87. The largest absolute Gasteiger partial charge is 0.488 e. The highest BCUT2D eigenvalue weighted by Crippen LogP contribution is 2.39. The lowest BCUT2D eigenvalue weighted by Crippen LogP contribution is -2.34. The fraction of sp³-hybridized carbons (Fsp3) is 0.250. The van der Waals surface area contributed by atoms with Crippen molar-refractivity contribution in [2.45, 2.75) is 19.4 Å². The van der Waals surface area contributed by atoms with Gasteiger partial charge in [-0.15, -0.1) is 0 Å². The highest BCUT2D eigenvalue weighted by Gasteiger charge is 2.22. The second kappa shape index (κ2) is 5.35. The van der Waals surface area contributed by atoms with Crippen molar-refractivity contribution in [1.29, 1.82) is 0 Å². The van der Waals surface area contributed by atoms with Crippen molar-refractivity contribution in [3.05, 3.63) is 52.5 Å². The first-order valence-corrected chi connectivity index (χ1v) is 6.95. The molecule has 1 unspecified atom stereocenters. The summed E-state index contributed by atoms with van der Waals surface area (Å²) in [6.45, 7) is 2.58. The Morgan fingerprint density at radius 2 is 1.95 bits per heavy atom. The summed E-state index contributed by atoms with van der Waals surface area (Å²) in [5, 5.41) is 0.686. The molecule has 3 rings (SSSR count). The Kier molecular flexibility index (Phi) is 3.55. The van der Waals surface area contributed by atoms with E-state index in [2.05, 4.69) is 6.92 Å². The van der Waals surface area contributed by atoms with Gasteiger partial charge in [0.2, 0.25) is 0 Å². The zero-order valence-electron chi connectivity index (χ0n) is 11.2. The normalized spacial score (nSPS) is 17.2. The van der Waals surface area contributed by atoms with Crippen molar-refractivity contribution in [2.24, 2.45) is 5.73 Å². The Hall–Kier alpha value is -1.71. The molecule has 0 radical (unpaired) electrons. The molecule has 0 saturated carbocycles. The highest BCUT2D eigenvalue weighted by molar-refractivity contribution is 6.30. The van der Waals surface area contributed by atoms with Gasteiger partial charge in [0.15, 0.2) is 11.5 Å². The number of hydrogen-bond acceptors (Lipinski definition) is 3. The average molecular weight is 290 g/mol. The van der Waals surface area contributed by atoms with Crippen LogP contribution in [0.3, 0.4) is 0 Å². The van der Waals surface area contributed by atoms with Crippen molar-refractivity contribution in [1.82, 2.24) is 0 Å². The lowest BCUT2D eigenvalue weighted by atomic mass is 9.98. The van der Waals surface area contributed by atoms with Crippen molar-refractivity contribution in [2.75, 3.05) is 6.61 Å². The molecule has 0 aliphatic carbocycles. The smallest absolute Gasteiger partial charge is 0.169 e. The van der Waals surface area contributed by atoms with Gasteiger partial charge in [0.1, 0.15) is 12.4 Å². The number of halogens is 1. The van der Waals surface area contributed by atoms with Gasteiger partial charge in [-0.2, -0.15) is 0 Å². The molecular formula is C16H16ClNO2. The summed E-state index contributed by atoms with van der Waals surface area (Å²) in [6, 6.07) is 11.3. The van der Waals surface area contributed by atoms with Crippen LogP contribution < -0.4 is 15.2 Å². The third kappa shape index (κ3) is 2.60. The number of hydrogen-bond donors (Lipinski definition) is 1. The molecule has 1 aliphatic rings. The van der Waals surface area contributed by atoms with E-state index in [1.165, 1.54) is 5.56 Å². The van der Waals surface area contributed by atoms with E-state index in [9.17, 15) is 0 Å². The molecule has 1 heterocycles. The van der Waals surface area contributed by atoms with E-state index >= 15 is 0 Å². The monoisotopic (exact) mass is 289 g/mol. The van der Waals surface area contributed by atoms with Crippen LogP contribution in [-0.4, -0.2) is 12.6 Å². The van der Waals surface area contributed by atoms with E-state index in [1.54, 1.807) is 12.1 Å². The zero-order valence-corrected chi connectivity index (χ0v) is 12.0. The first-order valence-electron chi connectivity index (χ1n) is 6.58. The summed E-state index contributed by atoms with van der Waals surface area (Å²) in [7, 11) is 0. The van der Waals surface area contributed by atoms with E-state index in [0.717, 1.165) is 29.2 Å². The minimum Gasteiger partial charge on any atom is -0.488 e. The molecule has 20 heavy (non-hydrogen) atoms. The van der Waals surface area contributed by atoms with E-state index in [0.29, 0.717) is 11.6 Å². The van der Waals surface area contributed by atoms with Gasteiger partial charge >= 0.3 is 0 Å². The topological polar surface area (TPSA) is 44.5 Å². The highest BCUT2D eigenvalue weighted by atomic mass is 35.5. The second-order valence-corrected chi connectivity index (χ2v) is 5.46. The first kappa shape index (κ1) is 13.3. The Bertz CT molecular complexity index is 625. The maximum absolute atomic E-state index is 5.96. The minimum atomic E-state index is 0.0481. The van der Waals surface area contributed by atoms with Crippen molar-refractivity contribution in [3.8, 4) is 17.2 Å². The maximum atomic E-state index is 5.96. The van der Waals surface area contributed by atoms with E-state index in [4.69, 9.17) is 26.8 Å². The molecule has 1 atom stereocenters. The summed E-state index contributed by atoms with van der Waals surface area (Å²) in [6.07, 6.45) is 0.818. The molecule has 0 amide bonds. The maximum Gasteiger partial charge on any atom is 0.169 e. The number of rotatable bonds is 2. The van der Waals surface area contributed by atoms with Crippen molar-refractivity contribution < 1.29 is 9.47 Å². The quantitative estimate of drug-likeness (QED) is 0.917. The summed E-state index contributed by atoms with van der Waals surface area (Å²) in [4.78, 5) is 0. The van der Waals surface area contributed by atoms with E-state index in [-0.39, 0.29) is 6.04 Å². The molecule has 0 bridgehead atoms. The zero-order chi connectivity index (χ0) is 14.1. The molecule has 0 spiro atoms. The van der Waals surface area contributed by atoms with E-state index in [1.807, 2.05) is 24.3 Å². The lowest BCUT2D eigenvalue weighted by molar-refractivity contribution is 0.252. The van der Waals surface area contributed by atoms with Gasteiger partial charge in [-0.05, 0) is 49.2 Å². The SMILES string of the molecule is Cc1ccc(Oc2ccc(Cl)cc2)c2c1CC(N)CO2. The van der Waals surface area contributed by atoms with Gasteiger partial charge in [0.25, 0.3) is 0 Å². The van der Waals surface area contributed by atoms with Crippen LogP contribution in [0.5, 0.6) is 17.2 Å². The van der Waals surface area contributed by atoms with Gasteiger partial charge in [-0.3, -0.25) is 0 Å². The third-order valence-electron chi connectivity index (χ3n) is 3.41. The predicted molar refractivity (Wildman–Crippen MR) is 79.9 cm³/mol. The molecule has 4 heteroatoms.